The fourth-order valence-corrected chi connectivity index (χ4v) is 4.12. The number of hydrogen-bond acceptors (Lipinski definition) is 6. The molecule has 1 fully saturated rings. The summed E-state index contributed by atoms with van der Waals surface area (Å²) in [5.41, 5.74) is 3.69. The van der Waals surface area contributed by atoms with Gasteiger partial charge in [0.15, 0.2) is 0 Å². The molecule has 2 heterocycles. The minimum atomic E-state index is -0.404. The Balaban J connectivity index is 1.39. The smallest absolute Gasteiger partial charge is 0.273 e. The van der Waals surface area contributed by atoms with Crippen LogP contribution in [0.3, 0.4) is 0 Å². The molecule has 4 rings (SSSR count). The lowest BCUT2D eigenvalue weighted by molar-refractivity contribution is -0.384. The van der Waals surface area contributed by atoms with Crippen molar-refractivity contribution in [3.63, 3.8) is 0 Å². The van der Waals surface area contributed by atoms with Crippen LogP contribution in [0, 0.1) is 17.0 Å². The molecule has 0 saturated carbocycles. The highest BCUT2D eigenvalue weighted by Gasteiger charge is 2.24. The van der Waals surface area contributed by atoms with E-state index in [9.17, 15) is 14.9 Å². The molecule has 0 radical (unpaired) electrons. The predicted molar refractivity (Wildman–Crippen MR) is 113 cm³/mol. The maximum atomic E-state index is 12.8. The first kappa shape index (κ1) is 19.1. The molecule has 7 nitrogen and oxygen atoms in total. The molecule has 1 amide bonds. The van der Waals surface area contributed by atoms with Gasteiger partial charge in [-0.2, -0.15) is 0 Å². The number of anilines is 1. The van der Waals surface area contributed by atoms with Crippen LogP contribution in [0.4, 0.5) is 11.4 Å². The lowest BCUT2D eigenvalue weighted by Crippen LogP contribution is -2.48. The van der Waals surface area contributed by atoms with Crippen molar-refractivity contribution in [1.82, 2.24) is 9.88 Å². The summed E-state index contributed by atoms with van der Waals surface area (Å²) in [6, 6.07) is 14.6. The minimum Gasteiger partial charge on any atom is -0.368 e. The van der Waals surface area contributed by atoms with Crippen LogP contribution >= 0.6 is 11.3 Å². The third-order valence-corrected chi connectivity index (χ3v) is 5.91. The number of piperazine rings is 1. The van der Waals surface area contributed by atoms with Crippen molar-refractivity contribution >= 4 is 28.6 Å². The fourth-order valence-electron chi connectivity index (χ4n) is 3.32. The number of carbonyl (C=O) groups excluding carboxylic acids is 1. The molecule has 148 valence electrons. The van der Waals surface area contributed by atoms with Gasteiger partial charge < -0.3 is 9.80 Å². The zero-order chi connectivity index (χ0) is 20.4. The molecule has 8 heteroatoms. The van der Waals surface area contributed by atoms with E-state index >= 15 is 0 Å². The number of nitro groups is 1. The number of hydrogen-bond donors (Lipinski definition) is 0. The number of rotatable bonds is 4. The van der Waals surface area contributed by atoms with Gasteiger partial charge >= 0.3 is 0 Å². The Kier molecular flexibility index (Phi) is 5.26. The first-order valence-corrected chi connectivity index (χ1v) is 10.2. The molecule has 1 aliphatic rings. The Labute approximate surface area is 172 Å². The fraction of sp³-hybridized carbons (Fsp3) is 0.238. The highest BCUT2D eigenvalue weighted by Crippen LogP contribution is 2.25. The molecule has 0 aliphatic carbocycles. The molecular formula is C21H20N4O3S. The second kappa shape index (κ2) is 8.00. The Morgan fingerprint density at radius 3 is 2.31 bits per heavy atom. The van der Waals surface area contributed by atoms with Crippen LogP contribution in [-0.4, -0.2) is 46.9 Å². The molecule has 1 saturated heterocycles. The van der Waals surface area contributed by atoms with E-state index in [1.807, 2.05) is 41.5 Å². The van der Waals surface area contributed by atoms with Crippen LogP contribution in [0.1, 0.15) is 16.1 Å². The second-order valence-electron chi connectivity index (χ2n) is 6.96. The average Bonchev–Trinajstić information content (AvgIpc) is 3.24. The molecule has 0 spiro atoms. The van der Waals surface area contributed by atoms with Crippen LogP contribution in [0.5, 0.6) is 0 Å². The van der Waals surface area contributed by atoms with E-state index in [1.54, 1.807) is 12.1 Å². The summed E-state index contributed by atoms with van der Waals surface area (Å²) in [5.74, 6) is -0.0528. The summed E-state index contributed by atoms with van der Waals surface area (Å²) < 4.78 is 0. The first-order chi connectivity index (χ1) is 14.0. The summed E-state index contributed by atoms with van der Waals surface area (Å²) in [6.45, 7) is 4.58. The molecule has 1 aromatic heterocycles. The van der Waals surface area contributed by atoms with Crippen LogP contribution < -0.4 is 4.90 Å². The highest BCUT2D eigenvalue weighted by molar-refractivity contribution is 7.13. The standard InChI is InChI=1S/C21H20N4O3S/c1-15-2-4-16(5-3-15)20-22-19(14-29-20)21(26)24-12-10-23(11-13-24)17-6-8-18(9-7-17)25(27)28/h2-9,14H,10-13H2,1H3. The second-order valence-corrected chi connectivity index (χ2v) is 7.81. The summed E-state index contributed by atoms with van der Waals surface area (Å²) in [6.07, 6.45) is 0. The third kappa shape index (κ3) is 4.12. The van der Waals surface area contributed by atoms with E-state index in [0.717, 1.165) is 16.3 Å². The number of aryl methyl sites for hydroxylation is 1. The summed E-state index contributed by atoms with van der Waals surface area (Å²) in [5, 5.41) is 13.5. The summed E-state index contributed by atoms with van der Waals surface area (Å²) in [7, 11) is 0. The van der Waals surface area contributed by atoms with E-state index in [1.165, 1.54) is 29.0 Å². The quantitative estimate of drug-likeness (QED) is 0.482. The zero-order valence-corrected chi connectivity index (χ0v) is 16.8. The Hall–Kier alpha value is -3.26. The van der Waals surface area contributed by atoms with Crippen LogP contribution in [0.15, 0.2) is 53.9 Å². The normalized spacial score (nSPS) is 14.1. The van der Waals surface area contributed by atoms with Gasteiger partial charge in [0.1, 0.15) is 10.7 Å². The SMILES string of the molecule is Cc1ccc(-c2nc(C(=O)N3CCN(c4ccc([N+](=O)[O-])cc4)CC3)cs2)cc1. The van der Waals surface area contributed by atoms with E-state index in [4.69, 9.17) is 0 Å². The van der Waals surface area contributed by atoms with E-state index in [-0.39, 0.29) is 11.6 Å². The number of aromatic nitrogens is 1. The molecule has 0 bridgehead atoms. The zero-order valence-electron chi connectivity index (χ0n) is 15.9. The molecule has 0 atom stereocenters. The van der Waals surface area contributed by atoms with Gasteiger partial charge in [-0.3, -0.25) is 14.9 Å². The van der Waals surface area contributed by atoms with Gasteiger partial charge in [0.05, 0.1) is 4.92 Å². The minimum absolute atomic E-state index is 0.0528. The van der Waals surface area contributed by atoms with Gasteiger partial charge in [0.25, 0.3) is 11.6 Å². The molecule has 0 N–H and O–H groups in total. The number of thiazole rings is 1. The van der Waals surface area contributed by atoms with Crippen molar-refractivity contribution in [3.05, 3.63) is 75.3 Å². The van der Waals surface area contributed by atoms with Gasteiger partial charge in [-0.15, -0.1) is 11.3 Å². The summed E-state index contributed by atoms with van der Waals surface area (Å²) in [4.78, 5) is 31.7. The number of amides is 1. The number of benzene rings is 2. The van der Waals surface area contributed by atoms with Crippen LogP contribution in [-0.2, 0) is 0 Å². The molecule has 29 heavy (non-hydrogen) atoms. The molecule has 3 aromatic rings. The monoisotopic (exact) mass is 408 g/mol. The van der Waals surface area contributed by atoms with Crippen LogP contribution in [0.2, 0.25) is 0 Å². The Morgan fingerprint density at radius 2 is 1.69 bits per heavy atom. The van der Waals surface area contributed by atoms with E-state index < -0.39 is 4.92 Å². The van der Waals surface area contributed by atoms with Crippen molar-refractivity contribution < 1.29 is 9.72 Å². The maximum absolute atomic E-state index is 12.8. The van der Waals surface area contributed by atoms with E-state index in [2.05, 4.69) is 9.88 Å². The molecule has 0 unspecified atom stereocenters. The maximum Gasteiger partial charge on any atom is 0.273 e. The number of carbonyl (C=O) groups is 1. The Morgan fingerprint density at radius 1 is 1.03 bits per heavy atom. The number of non-ortho nitro benzene ring substituents is 1. The molecular weight excluding hydrogens is 388 g/mol. The topological polar surface area (TPSA) is 79.6 Å². The largest absolute Gasteiger partial charge is 0.368 e. The van der Waals surface area contributed by atoms with Crippen molar-refractivity contribution in [1.29, 1.82) is 0 Å². The van der Waals surface area contributed by atoms with Crippen molar-refractivity contribution in [3.8, 4) is 10.6 Å². The van der Waals surface area contributed by atoms with Crippen LogP contribution in [0.25, 0.3) is 10.6 Å². The van der Waals surface area contributed by atoms with Gasteiger partial charge in [0.2, 0.25) is 0 Å². The van der Waals surface area contributed by atoms with Gasteiger partial charge in [-0.25, -0.2) is 4.98 Å². The van der Waals surface area contributed by atoms with Gasteiger partial charge in [0, 0.05) is 54.9 Å². The van der Waals surface area contributed by atoms with Crippen molar-refractivity contribution in [2.24, 2.45) is 0 Å². The lowest BCUT2D eigenvalue weighted by Gasteiger charge is -2.35. The summed E-state index contributed by atoms with van der Waals surface area (Å²) >= 11 is 1.48. The van der Waals surface area contributed by atoms with Crippen molar-refractivity contribution in [2.45, 2.75) is 6.92 Å². The average molecular weight is 408 g/mol. The Bertz CT molecular complexity index is 1020. The third-order valence-electron chi connectivity index (χ3n) is 5.01. The molecule has 2 aromatic carbocycles. The first-order valence-electron chi connectivity index (χ1n) is 9.32. The van der Waals surface area contributed by atoms with E-state index in [0.29, 0.717) is 31.9 Å². The number of nitrogens with zero attached hydrogens (tertiary/aromatic N) is 4. The predicted octanol–water partition coefficient (Wildman–Crippen LogP) is 3.99. The van der Waals surface area contributed by atoms with Gasteiger partial charge in [-0.1, -0.05) is 29.8 Å². The number of nitro benzene ring substituents is 1. The van der Waals surface area contributed by atoms with Gasteiger partial charge in [-0.05, 0) is 19.1 Å². The lowest BCUT2D eigenvalue weighted by atomic mass is 10.2. The molecule has 1 aliphatic heterocycles. The highest BCUT2D eigenvalue weighted by atomic mass is 32.1. The van der Waals surface area contributed by atoms with Crippen molar-refractivity contribution in [2.75, 3.05) is 31.1 Å².